The molecule has 7 fully saturated rings. The summed E-state index contributed by atoms with van der Waals surface area (Å²) >= 11 is 0. The van der Waals surface area contributed by atoms with Gasteiger partial charge < -0.3 is 64.5 Å². The first-order valence-electron chi connectivity index (χ1n) is 20.9. The van der Waals surface area contributed by atoms with Crippen LogP contribution in [0.5, 0.6) is 0 Å². The van der Waals surface area contributed by atoms with E-state index < -0.39 is 91.2 Å². The summed E-state index contributed by atoms with van der Waals surface area (Å²) < 4.78 is 31.2. The molecule has 2 bridgehead atoms. The van der Waals surface area contributed by atoms with E-state index >= 15 is 0 Å². The topological polar surface area (TPSA) is 208 Å². The van der Waals surface area contributed by atoms with Crippen molar-refractivity contribution in [3.63, 3.8) is 0 Å². The van der Waals surface area contributed by atoms with Crippen LogP contribution in [0.1, 0.15) is 99.8 Å². The molecule has 1 spiro atoms. The summed E-state index contributed by atoms with van der Waals surface area (Å²) in [5.41, 5.74) is -1.90. The first-order valence-corrected chi connectivity index (χ1v) is 20.9. The molecule has 55 heavy (non-hydrogen) atoms. The third kappa shape index (κ3) is 5.44. The Balaban J connectivity index is 1.05. The monoisotopic (exact) mass is 780 g/mol. The van der Waals surface area contributed by atoms with Gasteiger partial charge in [-0.2, -0.15) is 0 Å². The van der Waals surface area contributed by atoms with E-state index in [2.05, 4.69) is 53.7 Å². The van der Waals surface area contributed by atoms with Gasteiger partial charge in [-0.05, 0) is 86.4 Å². The van der Waals surface area contributed by atoms with Gasteiger partial charge in [0, 0.05) is 22.2 Å². The molecule has 8 rings (SSSR count). The van der Waals surface area contributed by atoms with Crippen molar-refractivity contribution in [3.8, 4) is 0 Å². The van der Waals surface area contributed by atoms with Gasteiger partial charge in [0.2, 0.25) is 0 Å². The van der Waals surface area contributed by atoms with Gasteiger partial charge >= 0.3 is 0 Å². The van der Waals surface area contributed by atoms with E-state index in [1.54, 1.807) is 6.92 Å². The maximum absolute atomic E-state index is 12.1. The Labute approximate surface area is 325 Å². The second-order valence-corrected chi connectivity index (χ2v) is 21.0. The summed E-state index contributed by atoms with van der Waals surface area (Å²) in [4.78, 5) is 0. The molecule has 13 nitrogen and oxygen atoms in total. The normalized spacial score (nSPS) is 59.7. The lowest BCUT2D eigenvalue weighted by Crippen LogP contribution is -2.72. The minimum absolute atomic E-state index is 0.0414. The Bertz CT molecular complexity index is 1490. The quantitative estimate of drug-likeness (QED) is 0.143. The van der Waals surface area contributed by atoms with Crippen molar-refractivity contribution in [2.24, 2.45) is 50.2 Å². The number of ether oxygens (including phenoxy) is 5. The van der Waals surface area contributed by atoms with E-state index in [-0.39, 0.29) is 51.4 Å². The molecule has 314 valence electrons. The summed E-state index contributed by atoms with van der Waals surface area (Å²) in [5.74, 6) is 0.449. The predicted octanol–water partition coefficient (Wildman–Crippen LogP) is 1.78. The number of fused-ring (bicyclic) bond motifs is 4. The van der Waals surface area contributed by atoms with Crippen LogP contribution in [0, 0.1) is 50.2 Å². The lowest BCUT2D eigenvalue weighted by molar-refractivity contribution is -0.367. The predicted molar refractivity (Wildman–Crippen MR) is 197 cm³/mol. The first kappa shape index (κ1) is 41.0. The van der Waals surface area contributed by atoms with E-state index in [1.807, 2.05) is 0 Å². The van der Waals surface area contributed by atoms with Gasteiger partial charge in [0.1, 0.15) is 42.7 Å². The number of aliphatic hydroxyl groups is 8. The summed E-state index contributed by atoms with van der Waals surface area (Å²) in [6, 6.07) is 0. The third-order valence-corrected chi connectivity index (χ3v) is 17.9. The van der Waals surface area contributed by atoms with Crippen LogP contribution in [0.3, 0.4) is 0 Å². The molecule has 3 saturated heterocycles. The summed E-state index contributed by atoms with van der Waals surface area (Å²) in [6.45, 7) is 15.4. The van der Waals surface area contributed by atoms with E-state index in [9.17, 15) is 40.9 Å². The highest BCUT2D eigenvalue weighted by Crippen LogP contribution is 2.79. The first-order chi connectivity index (χ1) is 25.7. The molecule has 0 radical (unpaired) electrons. The Morgan fingerprint density at radius 2 is 1.44 bits per heavy atom. The molecule has 13 heteroatoms. The Morgan fingerprint density at radius 3 is 2.13 bits per heavy atom. The van der Waals surface area contributed by atoms with Crippen LogP contribution in [-0.2, 0) is 23.7 Å². The molecule has 0 aromatic carbocycles. The van der Waals surface area contributed by atoms with Crippen LogP contribution in [0.25, 0.3) is 0 Å². The van der Waals surface area contributed by atoms with Gasteiger partial charge in [0.15, 0.2) is 12.6 Å². The highest BCUT2D eigenvalue weighted by Gasteiger charge is 2.79. The minimum Gasteiger partial charge on any atom is -0.396 e. The largest absolute Gasteiger partial charge is 0.396 e. The van der Waals surface area contributed by atoms with Crippen LogP contribution >= 0.6 is 0 Å². The summed E-state index contributed by atoms with van der Waals surface area (Å²) in [5, 5.41) is 87.0. The highest BCUT2D eigenvalue weighted by atomic mass is 16.7. The summed E-state index contributed by atoms with van der Waals surface area (Å²) in [7, 11) is 0. The highest BCUT2D eigenvalue weighted by molar-refractivity contribution is 5.36. The molecule has 3 aliphatic heterocycles. The van der Waals surface area contributed by atoms with Crippen molar-refractivity contribution >= 4 is 0 Å². The maximum atomic E-state index is 12.1. The zero-order valence-corrected chi connectivity index (χ0v) is 33.7. The number of hydrogen-bond acceptors (Lipinski definition) is 13. The molecule has 0 amide bonds. The smallest absolute Gasteiger partial charge is 0.187 e. The molecule has 0 unspecified atom stereocenters. The fourth-order valence-electron chi connectivity index (χ4n) is 14.3. The minimum atomic E-state index is -1.72. The molecular weight excluding hydrogens is 712 g/mol. The molecule has 21 atom stereocenters. The lowest BCUT2D eigenvalue weighted by Gasteiger charge is -2.73. The second kappa shape index (κ2) is 13.4. The average molecular weight is 781 g/mol. The second-order valence-electron chi connectivity index (χ2n) is 21.0. The number of hydrogen-bond donors (Lipinski definition) is 8. The van der Waals surface area contributed by atoms with Crippen molar-refractivity contribution in [2.75, 3.05) is 19.8 Å². The standard InChI is InChI=1S/C42H68O13/c1-21-28(46)33(55-34-31(49)30(48)29(47)22(18-43)53-34)32(50)35(52-21)54-27-10-11-37(4)23(38(27,5)19-44)8-12-39(6)24(37)9-13-42-25-16-36(2,3)14-15-41(25,20-51-42)26(45)17-40(39,42)7/h9,13,21-35,43-50H,8,10-12,14-20H2,1-7H3/t21-,22-,23-,24-,25-,26+,27+,28-,29+,30+,31-,32-,33+,34+,35+,37+,38+,39-,40+,41-,42+/m1/s1. The van der Waals surface area contributed by atoms with Gasteiger partial charge in [0.05, 0.1) is 43.7 Å². The van der Waals surface area contributed by atoms with Crippen molar-refractivity contribution in [2.45, 2.75) is 179 Å². The molecule has 5 aliphatic carbocycles. The van der Waals surface area contributed by atoms with Crippen LogP contribution in [0.4, 0.5) is 0 Å². The number of rotatable bonds is 6. The lowest BCUT2D eigenvalue weighted by atomic mass is 9.32. The van der Waals surface area contributed by atoms with Crippen molar-refractivity contribution in [3.05, 3.63) is 12.2 Å². The van der Waals surface area contributed by atoms with Crippen molar-refractivity contribution in [1.82, 2.24) is 0 Å². The average Bonchev–Trinajstić information content (AvgIpc) is 3.41. The molecule has 8 N–H and O–H groups in total. The zero-order chi connectivity index (χ0) is 39.9. The van der Waals surface area contributed by atoms with E-state index in [4.69, 9.17) is 23.7 Å². The van der Waals surface area contributed by atoms with Crippen LogP contribution < -0.4 is 0 Å². The Kier molecular flexibility index (Phi) is 9.95. The molecule has 8 aliphatic rings. The van der Waals surface area contributed by atoms with Crippen LogP contribution in [0.2, 0.25) is 0 Å². The Hall–Kier alpha value is -0.780. The molecule has 3 heterocycles. The molecule has 0 aromatic rings. The fraction of sp³-hybridized carbons (Fsp3) is 0.952. The van der Waals surface area contributed by atoms with Gasteiger partial charge in [-0.3, -0.25) is 0 Å². The molecule has 0 aromatic heterocycles. The van der Waals surface area contributed by atoms with E-state index in [1.165, 1.54) is 0 Å². The SMILES string of the molecule is C[C@H]1O[C@@H](O[C@H]2CC[C@@]3(C)[C@@H](CC[C@]4(C)[C@@H]3C=C[C@]35OC[C@@]6(CCC(C)(C)C[C@H]63)[C@@H](O)C[C@]54C)[C@]2(C)CO)[C@H](O)[C@@H](O[C@@H]2O[C@H](CO)[C@H](O)[C@H](O)[C@H]2O)[C@@H]1O. The van der Waals surface area contributed by atoms with Gasteiger partial charge in [-0.25, -0.2) is 0 Å². The van der Waals surface area contributed by atoms with Crippen LogP contribution in [0.15, 0.2) is 12.2 Å². The summed E-state index contributed by atoms with van der Waals surface area (Å²) in [6.07, 6.45) is -3.39. The third-order valence-electron chi connectivity index (χ3n) is 17.9. The number of aliphatic hydroxyl groups excluding tert-OH is 8. The van der Waals surface area contributed by atoms with E-state index in [0.717, 1.165) is 38.5 Å². The van der Waals surface area contributed by atoms with Gasteiger partial charge in [0.25, 0.3) is 0 Å². The van der Waals surface area contributed by atoms with Crippen molar-refractivity contribution in [1.29, 1.82) is 0 Å². The Morgan fingerprint density at radius 1 is 0.727 bits per heavy atom. The van der Waals surface area contributed by atoms with Gasteiger partial charge in [-0.1, -0.05) is 53.7 Å². The van der Waals surface area contributed by atoms with Gasteiger partial charge in [-0.15, -0.1) is 0 Å². The van der Waals surface area contributed by atoms with Crippen molar-refractivity contribution < 1.29 is 64.5 Å². The number of allylic oxidation sites excluding steroid dienone is 1. The zero-order valence-electron chi connectivity index (χ0n) is 33.7. The van der Waals surface area contributed by atoms with Crippen LogP contribution in [-0.4, -0.2) is 140 Å². The molecule has 4 saturated carbocycles. The fourth-order valence-corrected chi connectivity index (χ4v) is 14.3. The molecular formula is C42H68O13. The van der Waals surface area contributed by atoms with E-state index in [0.29, 0.717) is 19.4 Å². The maximum Gasteiger partial charge on any atom is 0.187 e.